The Labute approximate surface area is 157 Å². The van der Waals surface area contributed by atoms with Crippen molar-refractivity contribution < 1.29 is 4.79 Å². The van der Waals surface area contributed by atoms with Gasteiger partial charge in [-0.25, -0.2) is 4.98 Å². The molecule has 1 N–H and O–H groups in total. The largest absolute Gasteiger partial charge is 0.355 e. The molecule has 132 valence electrons. The molecule has 2 aliphatic rings. The summed E-state index contributed by atoms with van der Waals surface area (Å²) in [5, 5.41) is 15.7. The first kappa shape index (κ1) is 16.6. The summed E-state index contributed by atoms with van der Waals surface area (Å²) in [7, 11) is 1.62. The first-order chi connectivity index (χ1) is 13.2. The third-order valence-corrected chi connectivity index (χ3v) is 4.58. The van der Waals surface area contributed by atoms with Crippen molar-refractivity contribution in [1.29, 1.82) is 5.26 Å². The highest BCUT2D eigenvalue weighted by atomic mass is 16.1. The van der Waals surface area contributed by atoms with E-state index in [-0.39, 0.29) is 5.91 Å². The van der Waals surface area contributed by atoms with E-state index in [4.69, 9.17) is 5.26 Å². The van der Waals surface area contributed by atoms with Crippen LogP contribution in [0, 0.1) is 11.3 Å². The van der Waals surface area contributed by atoms with Crippen LogP contribution in [0.25, 0.3) is 5.57 Å². The van der Waals surface area contributed by atoms with Gasteiger partial charge in [-0.05, 0) is 42.0 Å². The molecular weight excluding hydrogens is 338 g/mol. The summed E-state index contributed by atoms with van der Waals surface area (Å²) in [6.45, 7) is 0.641. The average Bonchev–Trinajstić information content (AvgIpc) is 3.13. The van der Waals surface area contributed by atoms with Gasteiger partial charge in [0.05, 0.1) is 17.8 Å². The maximum absolute atomic E-state index is 11.8. The lowest BCUT2D eigenvalue weighted by molar-refractivity contribution is 0.0963. The van der Waals surface area contributed by atoms with E-state index >= 15 is 0 Å². The number of aromatic nitrogens is 1. The molecule has 27 heavy (non-hydrogen) atoms. The van der Waals surface area contributed by atoms with Crippen LogP contribution in [0.2, 0.25) is 0 Å². The van der Waals surface area contributed by atoms with Gasteiger partial charge in [-0.1, -0.05) is 18.2 Å². The Bertz CT molecular complexity index is 1010. The van der Waals surface area contributed by atoms with Gasteiger partial charge in [-0.2, -0.15) is 5.26 Å². The number of hydrazine groups is 1. The van der Waals surface area contributed by atoms with Crippen LogP contribution >= 0.6 is 0 Å². The average molecular weight is 355 g/mol. The van der Waals surface area contributed by atoms with Crippen LogP contribution in [0.3, 0.4) is 0 Å². The van der Waals surface area contributed by atoms with Gasteiger partial charge in [0.2, 0.25) is 0 Å². The highest BCUT2D eigenvalue weighted by Gasteiger charge is 2.30. The van der Waals surface area contributed by atoms with Gasteiger partial charge in [0.25, 0.3) is 5.91 Å². The number of amides is 1. The molecule has 0 saturated carbocycles. The molecule has 0 bridgehead atoms. The lowest BCUT2D eigenvalue weighted by Gasteiger charge is -2.30. The monoisotopic (exact) mass is 355 g/mol. The predicted octanol–water partition coefficient (Wildman–Crippen LogP) is 2.84. The van der Waals surface area contributed by atoms with E-state index in [2.05, 4.69) is 32.5 Å². The number of nitrogens with zero attached hydrogens (tertiary/aromatic N) is 4. The second kappa shape index (κ2) is 6.81. The van der Waals surface area contributed by atoms with E-state index in [9.17, 15) is 4.79 Å². The van der Waals surface area contributed by atoms with Crippen molar-refractivity contribution in [3.63, 3.8) is 0 Å². The van der Waals surface area contributed by atoms with Crippen LogP contribution in [0.1, 0.15) is 21.5 Å². The predicted molar refractivity (Wildman–Crippen MR) is 103 cm³/mol. The van der Waals surface area contributed by atoms with Crippen molar-refractivity contribution in [2.75, 3.05) is 18.6 Å². The minimum atomic E-state index is -0.101. The van der Waals surface area contributed by atoms with Gasteiger partial charge >= 0.3 is 0 Å². The summed E-state index contributed by atoms with van der Waals surface area (Å²) in [6.07, 6.45) is 9.60. The summed E-state index contributed by atoms with van der Waals surface area (Å²) in [6, 6.07) is 13.3. The first-order valence-electron chi connectivity index (χ1n) is 8.54. The molecular formula is C21H17N5O. The number of fused-ring (bicyclic) bond motifs is 1. The number of anilines is 1. The SMILES string of the molecule is CNC(=O)c1ccc(C2=C3C=CC=CN3N(c3ccc(C#N)cn3)C2)cc1. The minimum Gasteiger partial charge on any atom is -0.355 e. The van der Waals surface area contributed by atoms with E-state index in [1.807, 2.05) is 48.7 Å². The van der Waals surface area contributed by atoms with Crippen LogP contribution in [0.4, 0.5) is 5.82 Å². The van der Waals surface area contributed by atoms with Crippen molar-refractivity contribution in [2.24, 2.45) is 0 Å². The normalized spacial score (nSPS) is 15.0. The standard InChI is InChI=1S/C21H17N5O/c1-23-21(27)17-8-6-16(7-9-17)18-14-26(25-11-3-2-4-19(18)25)20-10-5-15(12-22)13-24-20/h2-11,13H,14H2,1H3,(H,23,27). The zero-order valence-electron chi connectivity index (χ0n) is 14.8. The Morgan fingerprint density at radius 3 is 2.67 bits per heavy atom. The Morgan fingerprint density at radius 2 is 2.00 bits per heavy atom. The topological polar surface area (TPSA) is 72.3 Å². The third-order valence-electron chi connectivity index (χ3n) is 4.58. The first-order valence-corrected chi connectivity index (χ1v) is 8.54. The van der Waals surface area contributed by atoms with Gasteiger partial charge in [0.1, 0.15) is 11.9 Å². The van der Waals surface area contributed by atoms with E-state index in [1.54, 1.807) is 19.3 Å². The second-order valence-corrected chi connectivity index (χ2v) is 6.14. The molecule has 0 spiro atoms. The molecule has 3 heterocycles. The van der Waals surface area contributed by atoms with E-state index in [1.165, 1.54) is 0 Å². The molecule has 6 heteroatoms. The fourth-order valence-corrected chi connectivity index (χ4v) is 3.19. The number of pyridine rings is 1. The zero-order valence-corrected chi connectivity index (χ0v) is 14.8. The van der Waals surface area contributed by atoms with Crippen molar-refractivity contribution in [3.8, 4) is 6.07 Å². The maximum Gasteiger partial charge on any atom is 0.251 e. The van der Waals surface area contributed by atoms with Gasteiger partial charge in [-0.3, -0.25) is 14.8 Å². The second-order valence-electron chi connectivity index (χ2n) is 6.14. The molecule has 0 fully saturated rings. The van der Waals surface area contributed by atoms with Crippen LogP contribution in [0.15, 0.2) is 72.7 Å². The van der Waals surface area contributed by atoms with Crippen molar-refractivity contribution >= 4 is 17.3 Å². The lowest BCUT2D eigenvalue weighted by atomic mass is 10.0. The molecule has 1 aromatic heterocycles. The quantitative estimate of drug-likeness (QED) is 0.917. The molecule has 1 aromatic carbocycles. The van der Waals surface area contributed by atoms with Crippen LogP contribution in [0.5, 0.6) is 0 Å². The molecule has 0 aliphatic carbocycles. The molecule has 1 amide bonds. The zero-order chi connectivity index (χ0) is 18.8. The number of rotatable bonds is 3. The van der Waals surface area contributed by atoms with Gasteiger partial charge in [0, 0.05) is 30.6 Å². The molecule has 0 radical (unpaired) electrons. The van der Waals surface area contributed by atoms with E-state index < -0.39 is 0 Å². The van der Waals surface area contributed by atoms with Crippen molar-refractivity contribution in [3.05, 3.63) is 89.4 Å². The van der Waals surface area contributed by atoms with Crippen molar-refractivity contribution in [2.45, 2.75) is 0 Å². The Kier molecular flexibility index (Phi) is 4.19. The number of carbonyl (C=O) groups excluding carboxylic acids is 1. The van der Waals surface area contributed by atoms with E-state index in [0.717, 1.165) is 22.7 Å². The molecule has 6 nitrogen and oxygen atoms in total. The van der Waals surface area contributed by atoms with Gasteiger partial charge in [0.15, 0.2) is 0 Å². The fourth-order valence-electron chi connectivity index (χ4n) is 3.19. The highest BCUT2D eigenvalue weighted by molar-refractivity contribution is 5.94. The Morgan fingerprint density at radius 1 is 1.19 bits per heavy atom. The van der Waals surface area contributed by atoms with Crippen molar-refractivity contribution in [1.82, 2.24) is 15.3 Å². The smallest absolute Gasteiger partial charge is 0.251 e. The van der Waals surface area contributed by atoms with Gasteiger partial charge in [-0.15, -0.1) is 0 Å². The van der Waals surface area contributed by atoms with Crippen LogP contribution < -0.4 is 10.3 Å². The molecule has 4 rings (SSSR count). The highest BCUT2D eigenvalue weighted by Crippen LogP contribution is 2.35. The van der Waals surface area contributed by atoms with Crippen LogP contribution in [-0.4, -0.2) is 29.5 Å². The van der Waals surface area contributed by atoms with Crippen LogP contribution in [-0.2, 0) is 0 Å². The number of hydrogen-bond acceptors (Lipinski definition) is 5. The molecule has 2 aromatic rings. The number of allylic oxidation sites excluding steroid dienone is 3. The van der Waals surface area contributed by atoms with E-state index in [0.29, 0.717) is 17.7 Å². The summed E-state index contributed by atoms with van der Waals surface area (Å²) in [5.74, 6) is 0.666. The number of hydrogen-bond donors (Lipinski definition) is 1. The molecule has 0 unspecified atom stereocenters. The number of nitrogens with one attached hydrogen (secondary N) is 1. The number of benzene rings is 1. The fraction of sp³-hybridized carbons (Fsp3) is 0.0952. The number of nitriles is 1. The lowest BCUT2D eigenvalue weighted by Crippen LogP contribution is -2.34. The Balaban J connectivity index is 1.68. The maximum atomic E-state index is 11.8. The summed E-state index contributed by atoms with van der Waals surface area (Å²) < 4.78 is 0. The number of carbonyl (C=O) groups is 1. The third kappa shape index (κ3) is 2.96. The Hall–Kier alpha value is -3.85. The molecule has 0 atom stereocenters. The summed E-state index contributed by atoms with van der Waals surface area (Å²) in [5.41, 5.74) is 4.43. The minimum absolute atomic E-state index is 0.101. The summed E-state index contributed by atoms with van der Waals surface area (Å²) in [4.78, 5) is 16.2. The van der Waals surface area contributed by atoms with Gasteiger partial charge < -0.3 is 5.32 Å². The molecule has 2 aliphatic heterocycles. The molecule has 0 saturated heterocycles. The summed E-state index contributed by atoms with van der Waals surface area (Å²) >= 11 is 0.